The molecular weight excluding hydrogens is 412 g/mol. The summed E-state index contributed by atoms with van der Waals surface area (Å²) >= 11 is 6.48. The molecule has 0 unspecified atom stereocenters. The molecule has 108 valence electrons. The minimum Gasteiger partial charge on any atom is -0.444 e. The fraction of sp³-hybridized carbons (Fsp3) is 0.250. The Bertz CT molecular complexity index is 713. The molecule has 1 aromatic carbocycles. The van der Waals surface area contributed by atoms with Crippen LogP contribution in [0.25, 0.3) is 0 Å². The van der Waals surface area contributed by atoms with Gasteiger partial charge in [0, 0.05) is 15.4 Å². The van der Waals surface area contributed by atoms with Crippen LogP contribution in [-0.2, 0) is 23.0 Å². The zero-order valence-corrected chi connectivity index (χ0v) is 14.5. The predicted molar refractivity (Wildman–Crippen MR) is 81.7 cm³/mol. The molecule has 20 heavy (non-hydrogen) atoms. The number of benzene rings is 1. The molecule has 0 aliphatic heterocycles. The van der Waals surface area contributed by atoms with Crippen LogP contribution in [-0.4, -0.2) is 13.4 Å². The summed E-state index contributed by atoms with van der Waals surface area (Å²) < 4.78 is 33.4. The van der Waals surface area contributed by atoms with Gasteiger partial charge < -0.3 is 4.42 Å². The Balaban J connectivity index is 2.17. The van der Waals surface area contributed by atoms with Crippen LogP contribution in [0, 0.1) is 0 Å². The molecule has 0 atom stereocenters. The number of aryl methyl sites for hydroxylation is 1. The number of halogens is 2. The van der Waals surface area contributed by atoms with Gasteiger partial charge in [-0.15, -0.1) is 0 Å². The summed E-state index contributed by atoms with van der Waals surface area (Å²) in [4.78, 5) is 4.17. The topological polar surface area (TPSA) is 72.2 Å². The highest BCUT2D eigenvalue weighted by atomic mass is 79.9. The van der Waals surface area contributed by atoms with Crippen molar-refractivity contribution in [3.05, 3.63) is 45.0 Å². The van der Waals surface area contributed by atoms with Crippen LogP contribution in [0.3, 0.4) is 0 Å². The van der Waals surface area contributed by atoms with Crippen molar-refractivity contribution in [1.29, 1.82) is 0 Å². The molecule has 0 saturated carbocycles. The van der Waals surface area contributed by atoms with E-state index in [1.165, 1.54) is 6.07 Å². The van der Waals surface area contributed by atoms with E-state index in [1.54, 1.807) is 18.3 Å². The number of hydrogen-bond donors (Lipinski definition) is 1. The third-order valence-corrected chi connectivity index (χ3v) is 5.43. The van der Waals surface area contributed by atoms with Gasteiger partial charge in [0.05, 0.1) is 17.6 Å². The lowest BCUT2D eigenvalue weighted by Gasteiger charge is -2.07. The van der Waals surface area contributed by atoms with Crippen molar-refractivity contribution in [3.63, 3.8) is 0 Å². The van der Waals surface area contributed by atoms with E-state index in [1.807, 2.05) is 6.92 Å². The zero-order chi connectivity index (χ0) is 14.8. The van der Waals surface area contributed by atoms with E-state index in [0.717, 1.165) is 12.2 Å². The van der Waals surface area contributed by atoms with Crippen molar-refractivity contribution in [2.75, 3.05) is 0 Å². The van der Waals surface area contributed by atoms with Crippen LogP contribution >= 0.6 is 31.9 Å². The smallest absolute Gasteiger partial charge is 0.242 e. The Morgan fingerprint density at radius 3 is 2.75 bits per heavy atom. The number of oxazole rings is 1. The van der Waals surface area contributed by atoms with Crippen LogP contribution in [0.5, 0.6) is 0 Å². The van der Waals surface area contributed by atoms with Crippen LogP contribution in [0.2, 0.25) is 0 Å². The van der Waals surface area contributed by atoms with Crippen LogP contribution in [0.15, 0.2) is 42.7 Å². The predicted octanol–water partition coefficient (Wildman–Crippen LogP) is 3.24. The summed E-state index contributed by atoms with van der Waals surface area (Å²) in [7, 11) is -3.64. The van der Waals surface area contributed by atoms with Crippen molar-refractivity contribution < 1.29 is 12.8 Å². The van der Waals surface area contributed by atoms with Gasteiger partial charge in [0.2, 0.25) is 15.9 Å². The van der Waals surface area contributed by atoms with Gasteiger partial charge >= 0.3 is 0 Å². The minimum atomic E-state index is -3.64. The van der Waals surface area contributed by atoms with E-state index in [2.05, 4.69) is 41.6 Å². The fourth-order valence-electron chi connectivity index (χ4n) is 1.51. The summed E-state index contributed by atoms with van der Waals surface area (Å²) in [6.45, 7) is 1.95. The second-order valence-electron chi connectivity index (χ2n) is 3.97. The van der Waals surface area contributed by atoms with Crippen molar-refractivity contribution in [1.82, 2.24) is 9.71 Å². The third-order valence-electron chi connectivity index (χ3n) is 2.55. The zero-order valence-electron chi connectivity index (χ0n) is 10.6. The Kier molecular flexibility index (Phi) is 5.00. The van der Waals surface area contributed by atoms with E-state index in [4.69, 9.17) is 4.42 Å². The van der Waals surface area contributed by atoms with E-state index >= 15 is 0 Å². The number of hydrogen-bond acceptors (Lipinski definition) is 4. The Morgan fingerprint density at radius 2 is 2.10 bits per heavy atom. The highest BCUT2D eigenvalue weighted by molar-refractivity contribution is 9.11. The van der Waals surface area contributed by atoms with Gasteiger partial charge in [-0.1, -0.05) is 22.9 Å². The van der Waals surface area contributed by atoms with E-state index in [9.17, 15) is 8.42 Å². The van der Waals surface area contributed by atoms with Crippen molar-refractivity contribution in [3.8, 4) is 0 Å². The maximum Gasteiger partial charge on any atom is 0.242 e. The van der Waals surface area contributed by atoms with Crippen LogP contribution in [0.4, 0.5) is 0 Å². The molecule has 8 heteroatoms. The average molecular weight is 424 g/mol. The number of aromatic nitrogens is 1. The lowest BCUT2D eigenvalue weighted by atomic mass is 10.4. The first-order valence-electron chi connectivity index (χ1n) is 5.80. The fourth-order valence-corrected chi connectivity index (χ4v) is 3.99. The first-order chi connectivity index (χ1) is 9.42. The quantitative estimate of drug-likeness (QED) is 0.801. The van der Waals surface area contributed by atoms with Gasteiger partial charge in [-0.3, -0.25) is 0 Å². The normalized spacial score (nSPS) is 11.8. The Hall–Kier alpha value is -0.700. The van der Waals surface area contributed by atoms with E-state index < -0.39 is 10.0 Å². The van der Waals surface area contributed by atoms with E-state index in [0.29, 0.717) is 14.8 Å². The molecule has 0 radical (unpaired) electrons. The molecule has 0 aliphatic rings. The summed E-state index contributed by atoms with van der Waals surface area (Å²) in [6, 6.07) is 4.95. The molecule has 0 bridgehead atoms. The third kappa shape index (κ3) is 3.69. The van der Waals surface area contributed by atoms with Gasteiger partial charge in [-0.05, 0) is 34.1 Å². The molecule has 0 fully saturated rings. The van der Waals surface area contributed by atoms with E-state index in [-0.39, 0.29) is 11.4 Å². The first-order valence-corrected chi connectivity index (χ1v) is 8.87. The molecule has 2 rings (SSSR count). The molecule has 0 amide bonds. The Labute approximate surface area is 134 Å². The summed E-state index contributed by atoms with van der Waals surface area (Å²) in [6.07, 6.45) is 2.32. The van der Waals surface area contributed by atoms with Gasteiger partial charge in [-0.25, -0.2) is 18.1 Å². The molecule has 5 nitrogen and oxygen atoms in total. The van der Waals surface area contributed by atoms with Gasteiger partial charge in [0.25, 0.3) is 0 Å². The van der Waals surface area contributed by atoms with Gasteiger partial charge in [-0.2, -0.15) is 0 Å². The van der Waals surface area contributed by atoms with Crippen molar-refractivity contribution in [2.24, 2.45) is 0 Å². The molecule has 1 heterocycles. The number of nitrogens with zero attached hydrogens (tertiary/aromatic N) is 1. The molecule has 1 aromatic heterocycles. The molecule has 2 aromatic rings. The molecule has 0 aliphatic carbocycles. The minimum absolute atomic E-state index is 0.0152. The molecule has 1 N–H and O–H groups in total. The maximum absolute atomic E-state index is 12.2. The van der Waals surface area contributed by atoms with Gasteiger partial charge in [0.1, 0.15) is 5.76 Å². The first kappa shape index (κ1) is 15.7. The largest absolute Gasteiger partial charge is 0.444 e. The summed E-state index contributed by atoms with van der Waals surface area (Å²) in [5.74, 6) is 1.07. The van der Waals surface area contributed by atoms with Crippen molar-refractivity contribution in [2.45, 2.75) is 24.8 Å². The maximum atomic E-state index is 12.2. The van der Waals surface area contributed by atoms with Crippen molar-refractivity contribution >= 4 is 41.9 Å². The monoisotopic (exact) mass is 422 g/mol. The summed E-state index contributed by atoms with van der Waals surface area (Å²) in [5, 5.41) is 0. The lowest BCUT2D eigenvalue weighted by molar-refractivity contribution is 0.452. The standard InChI is InChI=1S/C12H12Br2N2O3S/c1-2-9-6-15-12(19-9)7-16-20(17,18)11-5-8(13)3-4-10(11)14/h3-6,16H,2,7H2,1H3. The SMILES string of the molecule is CCc1cnc(CNS(=O)(=O)c2cc(Br)ccc2Br)o1. The highest BCUT2D eigenvalue weighted by Gasteiger charge is 2.18. The lowest BCUT2D eigenvalue weighted by Crippen LogP contribution is -2.23. The number of sulfonamides is 1. The Morgan fingerprint density at radius 1 is 1.35 bits per heavy atom. The van der Waals surface area contributed by atoms with Gasteiger partial charge in [0.15, 0.2) is 0 Å². The summed E-state index contributed by atoms with van der Waals surface area (Å²) in [5.41, 5.74) is 0. The second kappa shape index (κ2) is 6.38. The van der Waals surface area contributed by atoms with Crippen LogP contribution in [0.1, 0.15) is 18.6 Å². The molecular formula is C12H12Br2N2O3S. The average Bonchev–Trinajstić information content (AvgIpc) is 2.87. The second-order valence-corrected chi connectivity index (χ2v) is 7.48. The molecule has 0 saturated heterocycles. The number of nitrogens with one attached hydrogen (secondary N) is 1. The molecule has 0 spiro atoms. The number of rotatable bonds is 5. The van der Waals surface area contributed by atoms with Crippen LogP contribution < -0.4 is 4.72 Å². The highest BCUT2D eigenvalue weighted by Crippen LogP contribution is 2.25.